The van der Waals surface area contributed by atoms with Crippen molar-refractivity contribution in [1.82, 2.24) is 0 Å². The Bertz CT molecular complexity index is 922. The Kier molecular flexibility index (Phi) is 5.97. The van der Waals surface area contributed by atoms with Gasteiger partial charge in [-0.05, 0) is 48.3 Å². The number of ether oxygens (including phenoxy) is 1. The van der Waals surface area contributed by atoms with Crippen molar-refractivity contribution in [2.24, 2.45) is 0 Å². The summed E-state index contributed by atoms with van der Waals surface area (Å²) in [4.78, 5) is 12.7. The van der Waals surface area contributed by atoms with E-state index >= 15 is 0 Å². The van der Waals surface area contributed by atoms with Crippen molar-refractivity contribution in [2.75, 3.05) is 5.32 Å². The summed E-state index contributed by atoms with van der Waals surface area (Å²) in [5.74, 6) is 0.452. The highest BCUT2D eigenvalue weighted by Gasteiger charge is 2.13. The summed E-state index contributed by atoms with van der Waals surface area (Å²) in [5.41, 5.74) is 1.30. The quantitative estimate of drug-likeness (QED) is 0.547. The number of unbranched alkanes of at least 4 members (excludes halogenated alkanes) is 1. The summed E-state index contributed by atoms with van der Waals surface area (Å²) in [6.07, 6.45) is 2.79. The zero-order valence-corrected chi connectivity index (χ0v) is 15.5. The number of carbonyl (C=O) groups is 1. The van der Waals surface area contributed by atoms with Crippen LogP contribution < -0.4 is 10.1 Å². The Morgan fingerprint density at radius 1 is 1.04 bits per heavy atom. The molecule has 3 rings (SSSR count). The lowest BCUT2D eigenvalue weighted by molar-refractivity contribution is 0.102. The fourth-order valence-electron chi connectivity index (χ4n) is 2.71. The first-order valence-electron chi connectivity index (χ1n) is 8.77. The molecule has 0 heterocycles. The fraction of sp³-hybridized carbons (Fsp3) is 0.182. The van der Waals surface area contributed by atoms with E-state index in [1.165, 1.54) is 0 Å². The van der Waals surface area contributed by atoms with Gasteiger partial charge in [0, 0.05) is 23.1 Å². The van der Waals surface area contributed by atoms with Gasteiger partial charge in [0.15, 0.2) is 5.05 Å². The number of nitrogens with one attached hydrogen (secondary N) is 1. The average Bonchev–Trinajstić information content (AvgIpc) is 2.67. The fourth-order valence-corrected chi connectivity index (χ4v) is 2.94. The Morgan fingerprint density at radius 2 is 1.77 bits per heavy atom. The normalized spacial score (nSPS) is 10.5. The van der Waals surface area contributed by atoms with Gasteiger partial charge in [0.2, 0.25) is 0 Å². The topological polar surface area (TPSA) is 38.3 Å². The predicted molar refractivity (Wildman–Crippen MR) is 111 cm³/mol. The lowest BCUT2D eigenvalue weighted by atomic mass is 10.1. The SMILES string of the molecule is CCCCC(=S)Oc1cc(C(=O)Nc2ccccc2)cc2ccccc12. The molecule has 0 radical (unpaired) electrons. The van der Waals surface area contributed by atoms with Crippen LogP contribution in [0.1, 0.15) is 36.5 Å². The van der Waals surface area contributed by atoms with Gasteiger partial charge in [0.1, 0.15) is 5.75 Å². The van der Waals surface area contributed by atoms with E-state index in [2.05, 4.69) is 12.2 Å². The third-order valence-electron chi connectivity index (χ3n) is 4.08. The van der Waals surface area contributed by atoms with Crippen LogP contribution in [0.4, 0.5) is 5.69 Å². The summed E-state index contributed by atoms with van der Waals surface area (Å²) in [6, 6.07) is 20.9. The molecule has 3 aromatic rings. The summed E-state index contributed by atoms with van der Waals surface area (Å²) in [5, 5.41) is 5.36. The second kappa shape index (κ2) is 8.59. The van der Waals surface area contributed by atoms with Crippen LogP contribution in [-0.4, -0.2) is 11.0 Å². The van der Waals surface area contributed by atoms with E-state index in [0.717, 1.165) is 35.7 Å². The minimum absolute atomic E-state index is 0.175. The van der Waals surface area contributed by atoms with Crippen molar-refractivity contribution in [3.8, 4) is 5.75 Å². The number of anilines is 1. The van der Waals surface area contributed by atoms with Gasteiger partial charge in [-0.3, -0.25) is 4.79 Å². The Labute approximate surface area is 159 Å². The number of benzene rings is 3. The lowest BCUT2D eigenvalue weighted by Gasteiger charge is -2.12. The summed E-state index contributed by atoms with van der Waals surface area (Å²) < 4.78 is 5.92. The molecule has 4 heteroatoms. The molecule has 0 aromatic heterocycles. The van der Waals surface area contributed by atoms with E-state index in [0.29, 0.717) is 16.4 Å². The number of hydrogen-bond donors (Lipinski definition) is 1. The molecule has 132 valence electrons. The van der Waals surface area contributed by atoms with Crippen molar-refractivity contribution in [3.05, 3.63) is 72.3 Å². The van der Waals surface area contributed by atoms with Gasteiger partial charge < -0.3 is 10.1 Å². The van der Waals surface area contributed by atoms with Crippen LogP contribution in [0.15, 0.2) is 66.7 Å². The molecular formula is C22H21NO2S. The number of amides is 1. The minimum Gasteiger partial charge on any atom is -0.450 e. The monoisotopic (exact) mass is 363 g/mol. The van der Waals surface area contributed by atoms with Gasteiger partial charge >= 0.3 is 0 Å². The first-order valence-corrected chi connectivity index (χ1v) is 9.18. The smallest absolute Gasteiger partial charge is 0.255 e. The van der Waals surface area contributed by atoms with Gasteiger partial charge in [-0.25, -0.2) is 0 Å². The van der Waals surface area contributed by atoms with E-state index < -0.39 is 0 Å². The third-order valence-corrected chi connectivity index (χ3v) is 4.36. The van der Waals surface area contributed by atoms with Crippen LogP contribution in [-0.2, 0) is 0 Å². The van der Waals surface area contributed by atoms with Crippen LogP contribution in [0.5, 0.6) is 5.75 Å². The second-order valence-corrected chi connectivity index (χ2v) is 6.55. The lowest BCUT2D eigenvalue weighted by Crippen LogP contribution is -2.13. The van der Waals surface area contributed by atoms with Crippen molar-refractivity contribution in [3.63, 3.8) is 0 Å². The maximum atomic E-state index is 12.7. The van der Waals surface area contributed by atoms with Crippen molar-refractivity contribution < 1.29 is 9.53 Å². The first kappa shape index (κ1) is 18.1. The van der Waals surface area contributed by atoms with Crippen LogP contribution in [0.2, 0.25) is 0 Å². The molecule has 3 aromatic carbocycles. The number of para-hydroxylation sites is 1. The number of fused-ring (bicyclic) bond motifs is 1. The molecular weight excluding hydrogens is 342 g/mol. The molecule has 0 fully saturated rings. The number of hydrogen-bond acceptors (Lipinski definition) is 3. The maximum absolute atomic E-state index is 12.7. The van der Waals surface area contributed by atoms with Crippen molar-refractivity contribution in [2.45, 2.75) is 26.2 Å². The Hall–Kier alpha value is -2.72. The Morgan fingerprint density at radius 3 is 2.54 bits per heavy atom. The van der Waals surface area contributed by atoms with Crippen molar-refractivity contribution in [1.29, 1.82) is 0 Å². The second-order valence-electron chi connectivity index (χ2n) is 6.09. The zero-order valence-electron chi connectivity index (χ0n) is 14.7. The first-order chi connectivity index (χ1) is 12.7. The van der Waals surface area contributed by atoms with E-state index in [-0.39, 0.29) is 5.91 Å². The number of rotatable bonds is 6. The number of carbonyl (C=O) groups excluding carboxylic acids is 1. The van der Waals surface area contributed by atoms with Gasteiger partial charge in [-0.2, -0.15) is 0 Å². The molecule has 0 saturated carbocycles. The van der Waals surface area contributed by atoms with Crippen LogP contribution >= 0.6 is 12.2 Å². The van der Waals surface area contributed by atoms with Crippen LogP contribution in [0.3, 0.4) is 0 Å². The molecule has 0 aliphatic heterocycles. The zero-order chi connectivity index (χ0) is 18.4. The molecule has 1 amide bonds. The highest BCUT2D eigenvalue weighted by Crippen LogP contribution is 2.29. The molecule has 0 aliphatic carbocycles. The minimum atomic E-state index is -0.175. The van der Waals surface area contributed by atoms with E-state index in [9.17, 15) is 4.79 Å². The summed E-state index contributed by atoms with van der Waals surface area (Å²) >= 11 is 5.36. The van der Waals surface area contributed by atoms with E-state index in [1.54, 1.807) is 6.07 Å². The Balaban J connectivity index is 1.91. The average molecular weight is 363 g/mol. The van der Waals surface area contributed by atoms with E-state index in [4.69, 9.17) is 17.0 Å². The summed E-state index contributed by atoms with van der Waals surface area (Å²) in [6.45, 7) is 2.12. The van der Waals surface area contributed by atoms with E-state index in [1.807, 2.05) is 60.7 Å². The molecule has 0 saturated heterocycles. The molecule has 26 heavy (non-hydrogen) atoms. The molecule has 0 unspecified atom stereocenters. The standard InChI is InChI=1S/C22H21NO2S/c1-2-3-13-21(26)25-20-15-17(14-16-9-7-8-12-19(16)20)22(24)23-18-10-5-4-6-11-18/h4-12,14-15H,2-3,13H2,1H3,(H,23,24). The van der Waals surface area contributed by atoms with Crippen molar-refractivity contribution >= 4 is 39.6 Å². The number of thiocarbonyl (C=S) groups is 1. The van der Waals surface area contributed by atoms with Gasteiger partial charge in [0.25, 0.3) is 5.91 Å². The van der Waals surface area contributed by atoms with Gasteiger partial charge in [-0.15, -0.1) is 0 Å². The largest absolute Gasteiger partial charge is 0.450 e. The maximum Gasteiger partial charge on any atom is 0.255 e. The molecule has 1 N–H and O–H groups in total. The predicted octanol–water partition coefficient (Wildman–Crippen LogP) is 5.99. The van der Waals surface area contributed by atoms with Crippen LogP contribution in [0.25, 0.3) is 10.8 Å². The molecule has 0 bridgehead atoms. The molecule has 3 nitrogen and oxygen atoms in total. The molecule has 0 atom stereocenters. The van der Waals surface area contributed by atoms with Gasteiger partial charge in [-0.1, -0.05) is 55.8 Å². The molecule has 0 aliphatic rings. The van der Waals surface area contributed by atoms with Crippen LogP contribution in [0, 0.1) is 0 Å². The highest BCUT2D eigenvalue weighted by molar-refractivity contribution is 7.80. The highest BCUT2D eigenvalue weighted by atomic mass is 32.1. The molecule has 0 spiro atoms. The summed E-state index contributed by atoms with van der Waals surface area (Å²) in [7, 11) is 0. The third kappa shape index (κ3) is 4.46. The van der Waals surface area contributed by atoms with Gasteiger partial charge in [0.05, 0.1) is 0 Å².